The van der Waals surface area contributed by atoms with Crippen LogP contribution in [-0.2, 0) is 4.79 Å². The number of rotatable bonds is 5. The van der Waals surface area contributed by atoms with Crippen molar-refractivity contribution in [3.63, 3.8) is 0 Å². The highest BCUT2D eigenvalue weighted by atomic mass is 16.4. The Morgan fingerprint density at radius 1 is 1.08 bits per heavy atom. The third kappa shape index (κ3) is 3.29. The second-order valence-electron chi connectivity index (χ2n) is 6.94. The topological polar surface area (TPSA) is 57.6 Å². The summed E-state index contributed by atoms with van der Waals surface area (Å²) in [7, 11) is 0. The minimum Gasteiger partial charge on any atom is -0.481 e. The molecule has 2 atom stereocenters. The van der Waals surface area contributed by atoms with E-state index in [2.05, 4.69) is 13.8 Å². The number of fused-ring (bicyclic) bond motifs is 1. The summed E-state index contributed by atoms with van der Waals surface area (Å²) in [5.41, 5.74) is 1.97. The van der Waals surface area contributed by atoms with E-state index < -0.39 is 17.9 Å². The number of nitrogens with zero attached hydrogens (tertiary/aromatic N) is 1. The van der Waals surface area contributed by atoms with Crippen LogP contribution in [0.3, 0.4) is 0 Å². The van der Waals surface area contributed by atoms with E-state index in [0.29, 0.717) is 23.6 Å². The van der Waals surface area contributed by atoms with Crippen LogP contribution < -0.4 is 0 Å². The van der Waals surface area contributed by atoms with E-state index in [4.69, 9.17) is 0 Å². The molecule has 0 bridgehead atoms. The van der Waals surface area contributed by atoms with Gasteiger partial charge in [0.05, 0.1) is 6.04 Å². The molecule has 25 heavy (non-hydrogen) atoms. The summed E-state index contributed by atoms with van der Waals surface area (Å²) in [6, 6.07) is 16.1. The zero-order valence-corrected chi connectivity index (χ0v) is 14.6. The van der Waals surface area contributed by atoms with Gasteiger partial charge in [-0.25, -0.2) is 0 Å². The molecule has 0 fully saturated rings. The molecule has 0 saturated heterocycles. The molecule has 4 heteroatoms. The molecule has 1 aliphatic rings. The Morgan fingerprint density at radius 2 is 1.72 bits per heavy atom. The molecule has 1 heterocycles. The largest absolute Gasteiger partial charge is 0.481 e. The lowest BCUT2D eigenvalue weighted by Gasteiger charge is -2.41. The van der Waals surface area contributed by atoms with Crippen LogP contribution in [0.25, 0.3) is 0 Å². The summed E-state index contributed by atoms with van der Waals surface area (Å²) < 4.78 is 0. The molecule has 1 amide bonds. The van der Waals surface area contributed by atoms with Crippen LogP contribution in [0.1, 0.15) is 53.7 Å². The van der Waals surface area contributed by atoms with E-state index in [1.807, 2.05) is 30.3 Å². The number of carboxylic acid groups (broad SMARTS) is 1. The van der Waals surface area contributed by atoms with Crippen LogP contribution in [0, 0.1) is 5.92 Å². The van der Waals surface area contributed by atoms with Gasteiger partial charge in [-0.2, -0.15) is 0 Å². The molecule has 130 valence electrons. The van der Waals surface area contributed by atoms with E-state index in [1.54, 1.807) is 29.2 Å². The number of amides is 1. The smallest absolute Gasteiger partial charge is 0.313 e. The van der Waals surface area contributed by atoms with Crippen molar-refractivity contribution in [3.05, 3.63) is 71.3 Å². The molecule has 1 aliphatic heterocycles. The van der Waals surface area contributed by atoms with Gasteiger partial charge in [0.1, 0.15) is 5.92 Å². The SMILES string of the molecule is CC(C)CCN1C(=O)c2ccccc2[C@@H](C(=O)O)[C@H]1c1ccccc1. The average molecular weight is 337 g/mol. The van der Waals surface area contributed by atoms with Crippen molar-refractivity contribution in [1.82, 2.24) is 4.90 Å². The minimum absolute atomic E-state index is 0.0809. The Kier molecular flexibility index (Phi) is 4.88. The normalized spacial score (nSPS) is 19.8. The summed E-state index contributed by atoms with van der Waals surface area (Å²) in [5.74, 6) is -1.31. The maximum absolute atomic E-state index is 13.1. The van der Waals surface area contributed by atoms with Crippen LogP contribution in [0.5, 0.6) is 0 Å². The van der Waals surface area contributed by atoms with Gasteiger partial charge in [0.25, 0.3) is 5.91 Å². The quantitative estimate of drug-likeness (QED) is 0.894. The molecule has 0 aliphatic carbocycles. The molecule has 0 spiro atoms. The maximum atomic E-state index is 13.1. The van der Waals surface area contributed by atoms with Gasteiger partial charge in [-0.05, 0) is 29.5 Å². The zero-order chi connectivity index (χ0) is 18.0. The molecule has 1 N–H and O–H groups in total. The number of benzene rings is 2. The zero-order valence-electron chi connectivity index (χ0n) is 14.6. The van der Waals surface area contributed by atoms with Crippen molar-refractivity contribution >= 4 is 11.9 Å². The lowest BCUT2D eigenvalue weighted by atomic mass is 9.79. The number of carbonyl (C=O) groups excluding carboxylic acids is 1. The van der Waals surface area contributed by atoms with Gasteiger partial charge in [-0.1, -0.05) is 62.4 Å². The molecule has 0 unspecified atom stereocenters. The Labute approximate surface area is 148 Å². The van der Waals surface area contributed by atoms with Crippen LogP contribution in [0.15, 0.2) is 54.6 Å². The maximum Gasteiger partial charge on any atom is 0.313 e. The molecular weight excluding hydrogens is 314 g/mol. The summed E-state index contributed by atoms with van der Waals surface area (Å²) in [6.45, 7) is 4.76. The first-order valence-corrected chi connectivity index (χ1v) is 8.68. The first-order valence-electron chi connectivity index (χ1n) is 8.68. The summed E-state index contributed by atoms with van der Waals surface area (Å²) in [4.78, 5) is 27.0. The molecule has 2 aromatic rings. The van der Waals surface area contributed by atoms with E-state index in [-0.39, 0.29) is 5.91 Å². The Morgan fingerprint density at radius 3 is 2.36 bits per heavy atom. The van der Waals surface area contributed by atoms with Crippen molar-refractivity contribution in [1.29, 1.82) is 0 Å². The van der Waals surface area contributed by atoms with Crippen molar-refractivity contribution in [2.24, 2.45) is 5.92 Å². The lowest BCUT2D eigenvalue weighted by Crippen LogP contribution is -2.45. The first kappa shape index (κ1) is 17.2. The third-order valence-corrected chi connectivity index (χ3v) is 4.79. The molecule has 4 nitrogen and oxygen atoms in total. The van der Waals surface area contributed by atoms with Gasteiger partial charge < -0.3 is 10.0 Å². The highest BCUT2D eigenvalue weighted by Gasteiger charge is 2.43. The fourth-order valence-corrected chi connectivity index (χ4v) is 3.52. The number of carbonyl (C=O) groups is 2. The van der Waals surface area contributed by atoms with Gasteiger partial charge in [-0.3, -0.25) is 9.59 Å². The highest BCUT2D eigenvalue weighted by Crippen LogP contribution is 2.42. The second-order valence-corrected chi connectivity index (χ2v) is 6.94. The monoisotopic (exact) mass is 337 g/mol. The van der Waals surface area contributed by atoms with Gasteiger partial charge >= 0.3 is 5.97 Å². The molecule has 3 rings (SSSR count). The second kappa shape index (κ2) is 7.09. The number of aliphatic carboxylic acids is 1. The number of carboxylic acids is 1. The van der Waals surface area contributed by atoms with Gasteiger partial charge in [0.15, 0.2) is 0 Å². The van der Waals surface area contributed by atoms with E-state index in [9.17, 15) is 14.7 Å². The van der Waals surface area contributed by atoms with Gasteiger partial charge in [0, 0.05) is 12.1 Å². The molecule has 2 aromatic carbocycles. The number of hydrogen-bond donors (Lipinski definition) is 1. The van der Waals surface area contributed by atoms with Crippen molar-refractivity contribution < 1.29 is 14.7 Å². The highest BCUT2D eigenvalue weighted by molar-refractivity contribution is 6.00. The molecule has 0 saturated carbocycles. The van der Waals surface area contributed by atoms with Crippen molar-refractivity contribution in [2.75, 3.05) is 6.54 Å². The lowest BCUT2D eigenvalue weighted by molar-refractivity contribution is -0.140. The van der Waals surface area contributed by atoms with E-state index in [0.717, 1.165) is 12.0 Å². The van der Waals surface area contributed by atoms with Crippen LogP contribution >= 0.6 is 0 Å². The number of hydrogen-bond acceptors (Lipinski definition) is 2. The molecular formula is C21H23NO3. The van der Waals surface area contributed by atoms with E-state index in [1.165, 1.54) is 0 Å². The van der Waals surface area contributed by atoms with Gasteiger partial charge in [-0.15, -0.1) is 0 Å². The van der Waals surface area contributed by atoms with Crippen LogP contribution in [0.4, 0.5) is 0 Å². The summed E-state index contributed by atoms with van der Waals surface area (Å²) in [6.07, 6.45) is 0.837. The standard InChI is InChI=1S/C21H23NO3/c1-14(2)12-13-22-19(15-8-4-3-5-9-15)18(21(24)25)16-10-6-7-11-17(16)20(22)23/h3-11,14,18-19H,12-13H2,1-2H3,(H,24,25)/t18-,19-/m1/s1. The molecule has 0 aromatic heterocycles. The predicted molar refractivity (Wildman–Crippen MR) is 96.5 cm³/mol. The molecule has 0 radical (unpaired) electrons. The fourth-order valence-electron chi connectivity index (χ4n) is 3.52. The van der Waals surface area contributed by atoms with Crippen LogP contribution in [-0.4, -0.2) is 28.4 Å². The van der Waals surface area contributed by atoms with Crippen molar-refractivity contribution in [3.8, 4) is 0 Å². The Bertz CT molecular complexity index is 770. The predicted octanol–water partition coefficient (Wildman–Crippen LogP) is 4.10. The first-order chi connectivity index (χ1) is 12.0. The Hall–Kier alpha value is -2.62. The fraction of sp³-hybridized carbons (Fsp3) is 0.333. The van der Waals surface area contributed by atoms with E-state index >= 15 is 0 Å². The third-order valence-electron chi connectivity index (χ3n) is 4.79. The van der Waals surface area contributed by atoms with Crippen LogP contribution in [0.2, 0.25) is 0 Å². The summed E-state index contributed by atoms with van der Waals surface area (Å²) in [5, 5.41) is 9.96. The minimum atomic E-state index is -0.900. The summed E-state index contributed by atoms with van der Waals surface area (Å²) >= 11 is 0. The van der Waals surface area contributed by atoms with Gasteiger partial charge in [0.2, 0.25) is 0 Å². The van der Waals surface area contributed by atoms with Crippen molar-refractivity contribution in [2.45, 2.75) is 32.2 Å². The average Bonchev–Trinajstić information content (AvgIpc) is 2.61. The Balaban J connectivity index is 2.14.